The number of nitrogens with one attached hydrogen (secondary N) is 1. The van der Waals surface area contributed by atoms with Gasteiger partial charge in [0.05, 0.1) is 32.8 Å². The Morgan fingerprint density at radius 2 is 2.12 bits per heavy atom. The molecule has 7 nitrogen and oxygen atoms in total. The van der Waals surface area contributed by atoms with E-state index in [2.05, 4.69) is 19.7 Å². The van der Waals surface area contributed by atoms with E-state index < -0.39 is 10.0 Å². The smallest absolute Gasteiger partial charge is 0.240 e. The number of sulfonamides is 1. The molecular weight excluding hydrogens is 372 g/mol. The maximum Gasteiger partial charge on any atom is 0.240 e. The quantitative estimate of drug-likeness (QED) is 0.637. The van der Waals surface area contributed by atoms with Gasteiger partial charge in [-0.2, -0.15) is 0 Å². The van der Waals surface area contributed by atoms with E-state index in [1.807, 2.05) is 13.0 Å². The molecule has 0 amide bonds. The molecule has 0 saturated carbocycles. The van der Waals surface area contributed by atoms with Crippen LogP contribution in [-0.2, 0) is 16.4 Å². The van der Waals surface area contributed by atoms with Gasteiger partial charge in [0.25, 0.3) is 0 Å². The summed E-state index contributed by atoms with van der Waals surface area (Å²) in [6.07, 6.45) is 5.55. The molecule has 2 N–H and O–H groups in total. The highest BCUT2D eigenvalue weighted by Crippen LogP contribution is 2.32. The Morgan fingerprint density at radius 1 is 1.27 bits per heavy atom. The Labute approximate surface area is 155 Å². The number of aromatic nitrogens is 3. The average Bonchev–Trinajstić information content (AvgIpc) is 3.01. The zero-order valence-corrected chi connectivity index (χ0v) is 15.7. The molecule has 9 heteroatoms. The second-order valence-corrected chi connectivity index (χ2v) is 8.40. The van der Waals surface area contributed by atoms with Crippen molar-refractivity contribution in [2.45, 2.75) is 18.2 Å². The number of hydrogen-bond acceptors (Lipinski definition) is 7. The van der Waals surface area contributed by atoms with Crippen LogP contribution in [0.3, 0.4) is 0 Å². The third kappa shape index (κ3) is 4.31. The van der Waals surface area contributed by atoms with Crippen LogP contribution in [0.5, 0.6) is 0 Å². The maximum absolute atomic E-state index is 12.3. The molecule has 26 heavy (non-hydrogen) atoms. The van der Waals surface area contributed by atoms with Gasteiger partial charge in [0.1, 0.15) is 0 Å². The fourth-order valence-corrected chi connectivity index (χ4v) is 4.58. The van der Waals surface area contributed by atoms with Crippen LogP contribution >= 0.6 is 11.3 Å². The van der Waals surface area contributed by atoms with Crippen LogP contribution in [0, 0.1) is 6.92 Å². The van der Waals surface area contributed by atoms with Gasteiger partial charge >= 0.3 is 0 Å². The predicted octanol–water partition coefficient (Wildman–Crippen LogP) is 1.77. The summed E-state index contributed by atoms with van der Waals surface area (Å²) in [6.45, 7) is 1.63. The third-order valence-corrected chi connectivity index (χ3v) is 6.27. The Kier molecular flexibility index (Phi) is 5.72. The van der Waals surface area contributed by atoms with Crippen molar-refractivity contribution >= 4 is 21.4 Å². The molecule has 0 bridgehead atoms. The third-order valence-electron chi connectivity index (χ3n) is 3.60. The number of hydrogen-bond donors (Lipinski definition) is 2. The minimum atomic E-state index is -3.65. The summed E-state index contributed by atoms with van der Waals surface area (Å²) in [5.41, 5.74) is 2.46. The van der Waals surface area contributed by atoms with Crippen molar-refractivity contribution in [2.75, 3.05) is 13.2 Å². The Morgan fingerprint density at radius 3 is 2.85 bits per heavy atom. The van der Waals surface area contributed by atoms with Gasteiger partial charge in [-0.3, -0.25) is 9.97 Å². The Bertz CT molecular complexity index is 988. The van der Waals surface area contributed by atoms with Gasteiger partial charge in [-0.25, -0.2) is 18.1 Å². The molecule has 0 aliphatic carbocycles. The van der Waals surface area contributed by atoms with Crippen LogP contribution in [0.2, 0.25) is 0 Å². The molecule has 0 unspecified atom stereocenters. The molecule has 2 heterocycles. The first kappa shape index (κ1) is 18.6. The van der Waals surface area contributed by atoms with Crippen molar-refractivity contribution in [3.05, 3.63) is 59.3 Å². The second-order valence-electron chi connectivity index (χ2n) is 5.54. The molecule has 0 saturated heterocycles. The monoisotopic (exact) mass is 390 g/mol. The van der Waals surface area contributed by atoms with Crippen LogP contribution < -0.4 is 4.72 Å². The molecule has 0 atom stereocenters. The van der Waals surface area contributed by atoms with E-state index in [0.29, 0.717) is 6.42 Å². The highest BCUT2D eigenvalue weighted by atomic mass is 32.2. The number of thiazole rings is 1. The molecule has 0 radical (unpaired) electrons. The normalized spacial score (nSPS) is 11.6. The van der Waals surface area contributed by atoms with Gasteiger partial charge < -0.3 is 5.11 Å². The van der Waals surface area contributed by atoms with Gasteiger partial charge in [0, 0.05) is 31.6 Å². The fourth-order valence-electron chi connectivity index (χ4n) is 2.44. The standard InChI is InChI=1S/C17H18N4O3S2/c1-12-17(25-16(21-12)10-14-11-18-5-6-19-14)13-3-2-4-15(9-13)26(23,24)20-7-8-22/h2-6,9,11,20,22H,7-8,10H2,1H3. The zero-order chi connectivity index (χ0) is 18.6. The zero-order valence-electron chi connectivity index (χ0n) is 14.1. The van der Waals surface area contributed by atoms with Crippen molar-refractivity contribution in [2.24, 2.45) is 0 Å². The minimum absolute atomic E-state index is 0.0194. The molecule has 1 aromatic carbocycles. The van der Waals surface area contributed by atoms with Crippen molar-refractivity contribution in [3.8, 4) is 10.4 Å². The van der Waals surface area contributed by atoms with E-state index in [1.54, 1.807) is 30.7 Å². The summed E-state index contributed by atoms with van der Waals surface area (Å²) < 4.78 is 26.9. The molecule has 3 rings (SSSR count). The number of nitrogens with zero attached hydrogens (tertiary/aromatic N) is 3. The molecule has 2 aromatic heterocycles. The minimum Gasteiger partial charge on any atom is -0.395 e. The summed E-state index contributed by atoms with van der Waals surface area (Å²) in [4.78, 5) is 14.0. The summed E-state index contributed by atoms with van der Waals surface area (Å²) >= 11 is 1.51. The van der Waals surface area contributed by atoms with Crippen LogP contribution in [0.4, 0.5) is 0 Å². The lowest BCUT2D eigenvalue weighted by Crippen LogP contribution is -2.26. The van der Waals surface area contributed by atoms with E-state index in [4.69, 9.17) is 5.11 Å². The summed E-state index contributed by atoms with van der Waals surface area (Å²) in [5, 5.41) is 9.72. The highest BCUT2D eigenvalue weighted by molar-refractivity contribution is 7.89. The number of benzene rings is 1. The van der Waals surface area contributed by atoms with Crippen LogP contribution in [-0.4, -0.2) is 41.6 Å². The SMILES string of the molecule is Cc1nc(Cc2cnccn2)sc1-c1cccc(S(=O)(=O)NCCO)c1. The predicted molar refractivity (Wildman–Crippen MR) is 99.4 cm³/mol. The van der Waals surface area contributed by atoms with Gasteiger partial charge in [-0.05, 0) is 24.6 Å². The van der Waals surface area contributed by atoms with E-state index in [9.17, 15) is 8.42 Å². The topological polar surface area (TPSA) is 105 Å². The Balaban J connectivity index is 1.89. The molecule has 136 valence electrons. The highest BCUT2D eigenvalue weighted by Gasteiger charge is 2.16. The van der Waals surface area contributed by atoms with Crippen LogP contribution in [0.15, 0.2) is 47.8 Å². The van der Waals surface area contributed by atoms with E-state index in [0.717, 1.165) is 26.8 Å². The average molecular weight is 390 g/mol. The maximum atomic E-state index is 12.3. The first-order valence-electron chi connectivity index (χ1n) is 7.92. The molecular formula is C17H18N4O3S2. The van der Waals surface area contributed by atoms with Crippen LogP contribution in [0.1, 0.15) is 16.4 Å². The van der Waals surface area contributed by atoms with E-state index in [1.165, 1.54) is 17.4 Å². The molecule has 0 spiro atoms. The van der Waals surface area contributed by atoms with Gasteiger partial charge in [-0.1, -0.05) is 12.1 Å². The first-order chi connectivity index (χ1) is 12.5. The summed E-state index contributed by atoms with van der Waals surface area (Å²) in [7, 11) is -3.65. The van der Waals surface area contributed by atoms with Crippen molar-refractivity contribution < 1.29 is 13.5 Å². The van der Waals surface area contributed by atoms with Crippen molar-refractivity contribution in [1.82, 2.24) is 19.7 Å². The first-order valence-corrected chi connectivity index (χ1v) is 10.2. The number of aryl methyl sites for hydroxylation is 1. The summed E-state index contributed by atoms with van der Waals surface area (Å²) in [5.74, 6) is 0. The van der Waals surface area contributed by atoms with Gasteiger partial charge in [0.15, 0.2) is 0 Å². The largest absolute Gasteiger partial charge is 0.395 e. The van der Waals surface area contributed by atoms with E-state index in [-0.39, 0.29) is 18.0 Å². The molecule has 0 aliphatic rings. The lowest BCUT2D eigenvalue weighted by atomic mass is 10.2. The Hall–Kier alpha value is -2.20. The van der Waals surface area contributed by atoms with E-state index >= 15 is 0 Å². The molecule has 0 aliphatic heterocycles. The second kappa shape index (κ2) is 8.00. The number of aliphatic hydroxyl groups excluding tert-OH is 1. The van der Waals surface area contributed by atoms with Crippen molar-refractivity contribution in [1.29, 1.82) is 0 Å². The van der Waals surface area contributed by atoms with Crippen molar-refractivity contribution in [3.63, 3.8) is 0 Å². The van der Waals surface area contributed by atoms with Gasteiger partial charge in [-0.15, -0.1) is 11.3 Å². The lowest BCUT2D eigenvalue weighted by Gasteiger charge is -2.07. The molecule has 3 aromatic rings. The molecule has 0 fully saturated rings. The van der Waals surface area contributed by atoms with Gasteiger partial charge in [0.2, 0.25) is 10.0 Å². The summed E-state index contributed by atoms with van der Waals surface area (Å²) in [6, 6.07) is 6.70. The number of rotatable bonds is 7. The van der Waals surface area contributed by atoms with Crippen LogP contribution in [0.25, 0.3) is 10.4 Å². The lowest BCUT2D eigenvalue weighted by molar-refractivity contribution is 0.301. The number of aliphatic hydroxyl groups is 1. The fraction of sp³-hybridized carbons (Fsp3) is 0.235.